The van der Waals surface area contributed by atoms with E-state index in [1.807, 2.05) is 87.1 Å². The van der Waals surface area contributed by atoms with E-state index >= 15 is 0 Å². The molecule has 4 N–H and O–H groups in total. The van der Waals surface area contributed by atoms with Crippen LogP contribution in [0.3, 0.4) is 0 Å². The topological polar surface area (TPSA) is 249 Å². The van der Waals surface area contributed by atoms with Gasteiger partial charge in [-0.25, -0.2) is 19.9 Å². The van der Waals surface area contributed by atoms with Gasteiger partial charge in [-0.15, -0.1) is 45.3 Å². The number of aryl methyl sites for hydroxylation is 1. The van der Waals surface area contributed by atoms with Crippen molar-refractivity contribution in [3.63, 3.8) is 0 Å². The number of likely N-dealkylation sites (tertiary alicyclic amines) is 4. The van der Waals surface area contributed by atoms with E-state index in [0.29, 0.717) is 5.92 Å². The summed E-state index contributed by atoms with van der Waals surface area (Å²) in [4.78, 5) is 136. The Bertz CT molecular complexity index is 5710. The van der Waals surface area contributed by atoms with Crippen molar-refractivity contribution in [1.29, 1.82) is 0 Å². The van der Waals surface area contributed by atoms with Gasteiger partial charge in [0.15, 0.2) is 0 Å². The first-order valence-corrected chi connectivity index (χ1v) is 55.8. The Morgan fingerprint density at radius 1 is 0.321 bits per heavy atom. The maximum Gasteiger partial charge on any atom is 0.246 e. The van der Waals surface area contributed by atoms with Gasteiger partial charge < -0.3 is 40.9 Å². The second-order valence-corrected chi connectivity index (χ2v) is 45.2. The van der Waals surface area contributed by atoms with Crippen molar-refractivity contribution in [2.24, 2.45) is 47.3 Å². The lowest BCUT2D eigenvalue weighted by Gasteiger charge is -2.35. The van der Waals surface area contributed by atoms with E-state index in [4.69, 9.17) is 19.9 Å². The molecule has 0 bridgehead atoms. The predicted molar refractivity (Wildman–Crippen MR) is 559 cm³/mol. The van der Waals surface area contributed by atoms with Gasteiger partial charge in [0.1, 0.15) is 44.2 Å². The Labute approximate surface area is 829 Å². The van der Waals surface area contributed by atoms with Crippen LogP contribution in [0.2, 0.25) is 0 Å². The van der Waals surface area contributed by atoms with Crippen molar-refractivity contribution in [3.8, 4) is 11.1 Å². The first-order chi connectivity index (χ1) is 66.5. The molecule has 4 saturated carbocycles. The number of rotatable bonds is 28. The highest BCUT2D eigenvalue weighted by molar-refractivity contribution is 7.19. The van der Waals surface area contributed by atoms with E-state index in [-0.39, 0.29) is 119 Å². The summed E-state index contributed by atoms with van der Waals surface area (Å²) in [7, 11) is 0. The molecule has 8 fully saturated rings. The molecular weight excluding hydrogens is 1780 g/mol. The van der Waals surface area contributed by atoms with E-state index in [2.05, 4.69) is 163 Å². The lowest BCUT2D eigenvalue weighted by Crippen LogP contribution is -2.53. The summed E-state index contributed by atoms with van der Waals surface area (Å²) in [5.41, 5.74) is 11.4. The predicted octanol–water partition coefficient (Wildman–Crippen LogP) is 25.0. The third-order valence-corrected chi connectivity index (χ3v) is 35.8. The average molecular weight is 1930 g/mol. The molecule has 8 heterocycles. The molecule has 4 aromatic heterocycles. The number of para-hydroxylation sites is 4. The van der Waals surface area contributed by atoms with Gasteiger partial charge in [0.25, 0.3) is 0 Å². The van der Waals surface area contributed by atoms with Crippen LogP contribution >= 0.6 is 45.3 Å². The number of hydrogen-bond acceptors (Lipinski definition) is 16. The number of nitrogens with zero attached hydrogens (tertiary/aromatic N) is 8. The highest BCUT2D eigenvalue weighted by Gasteiger charge is 2.46. The Morgan fingerprint density at radius 3 is 0.971 bits per heavy atom. The minimum absolute atomic E-state index is 0.00432. The van der Waals surface area contributed by atoms with Crippen molar-refractivity contribution in [3.05, 3.63) is 176 Å². The minimum atomic E-state index is -0.429. The molecular formula is C113H150N12O8S4. The Balaban J connectivity index is 0.000000139. The molecule has 6 aromatic carbocycles. The van der Waals surface area contributed by atoms with Gasteiger partial charge in [-0.3, -0.25) is 38.4 Å². The normalized spacial score (nSPS) is 20.9. The smallest absolute Gasteiger partial charge is 0.246 e. The fraction of sp³-hybridized carbons (Fsp3) is 0.575. The van der Waals surface area contributed by atoms with Crippen LogP contribution in [-0.4, -0.2) is 137 Å². The molecule has 12 atom stereocenters. The summed E-state index contributed by atoms with van der Waals surface area (Å²) in [5.74, 6) is 1.45. The Kier molecular flexibility index (Phi) is 36.3. The number of carbonyl (C=O) groups is 8. The third kappa shape index (κ3) is 24.6. The number of thiazole rings is 4. The maximum atomic E-state index is 14.1. The highest BCUT2D eigenvalue weighted by atomic mass is 32.1. The maximum absolute atomic E-state index is 14.1. The van der Waals surface area contributed by atoms with E-state index < -0.39 is 24.2 Å². The number of carbonyl (C=O) groups excluding carboxylic acids is 8. The number of fused-ring (bicyclic) bond motifs is 4. The van der Waals surface area contributed by atoms with Crippen molar-refractivity contribution < 1.29 is 38.4 Å². The average Bonchev–Trinajstić information content (AvgIpc) is 1.63. The lowest BCUT2D eigenvalue weighted by molar-refractivity contribution is -0.140. The molecule has 8 amide bonds. The molecule has 4 aliphatic heterocycles. The van der Waals surface area contributed by atoms with Gasteiger partial charge in [0.2, 0.25) is 47.3 Å². The zero-order valence-electron chi connectivity index (χ0n) is 83.2. The quantitative estimate of drug-likeness (QED) is 0.0357. The number of benzene rings is 6. The van der Waals surface area contributed by atoms with E-state index in [0.717, 1.165) is 270 Å². The molecule has 4 aliphatic carbocycles. The fourth-order valence-corrected chi connectivity index (χ4v) is 26.8. The van der Waals surface area contributed by atoms with Crippen molar-refractivity contribution >= 4 is 133 Å². The number of amides is 8. The number of nitrogens with one attached hydrogen (secondary N) is 4. The van der Waals surface area contributed by atoms with Crippen molar-refractivity contribution in [2.45, 2.75) is 342 Å². The molecule has 10 aromatic rings. The second kappa shape index (κ2) is 48.7. The first-order valence-electron chi connectivity index (χ1n) is 52.6. The van der Waals surface area contributed by atoms with Gasteiger partial charge in [0, 0.05) is 55.4 Å². The zero-order chi connectivity index (χ0) is 96.3. The van der Waals surface area contributed by atoms with E-state index in [1.54, 1.807) is 45.3 Å². The molecule has 0 unspecified atom stereocenters. The van der Waals surface area contributed by atoms with Gasteiger partial charge in [-0.1, -0.05) is 255 Å². The summed E-state index contributed by atoms with van der Waals surface area (Å²) in [6, 6.07) is 44.7. The van der Waals surface area contributed by atoms with Crippen LogP contribution < -0.4 is 21.3 Å². The molecule has 20 nitrogen and oxygen atoms in total. The summed E-state index contributed by atoms with van der Waals surface area (Å²) in [5, 5.41) is 16.9. The monoisotopic (exact) mass is 1930 g/mol. The second-order valence-electron chi connectivity index (χ2n) is 41.0. The zero-order valence-corrected chi connectivity index (χ0v) is 86.4. The largest absolute Gasteiger partial charge is 0.344 e. The van der Waals surface area contributed by atoms with Crippen molar-refractivity contribution in [2.75, 3.05) is 26.2 Å². The summed E-state index contributed by atoms with van der Waals surface area (Å²) in [6.45, 7) is 25.3. The van der Waals surface area contributed by atoms with Crippen molar-refractivity contribution in [1.82, 2.24) is 60.8 Å². The molecule has 0 spiro atoms. The number of aromatic nitrogens is 4. The molecule has 18 rings (SSSR count). The third-order valence-electron chi connectivity index (χ3n) is 31.3. The van der Waals surface area contributed by atoms with Crippen LogP contribution in [0.15, 0.2) is 133 Å². The first kappa shape index (κ1) is 102. The van der Waals surface area contributed by atoms with Gasteiger partial charge >= 0.3 is 0 Å². The van der Waals surface area contributed by atoms with Crippen LogP contribution in [0.4, 0.5) is 0 Å². The molecule has 4 saturated heterocycles. The fourth-order valence-electron chi connectivity index (χ4n) is 22.1. The van der Waals surface area contributed by atoms with Gasteiger partial charge in [-0.2, -0.15) is 0 Å². The Morgan fingerprint density at radius 2 is 0.620 bits per heavy atom. The van der Waals surface area contributed by atoms with E-state index in [1.165, 1.54) is 62.0 Å². The Hall–Kier alpha value is -9.36. The van der Waals surface area contributed by atoms with Crippen LogP contribution in [0.25, 0.3) is 52.0 Å². The summed E-state index contributed by atoms with van der Waals surface area (Å²) < 4.78 is 4.71. The SMILES string of the molecule is CC[C@@H](C)C(=O)N[C@H](C(=O)N1CCC[C@H]1c1nc2c(-c3ccccc3)cccc2s1)C1CCCCC1.CC[C@@H](C)C(=O)N[C@H](C(=O)N1CCC[C@H]1c1nc2c(C(C)C)cccc2s1)C1CCCCC1.CC[C@@H](C)C(=O)N[C@H](C(=O)N1CCC[C@H]1c1nc2c(C)cccc2s1)C1CCCCC1.CC[C@@H](C)C(=O)N[C@H](C(=O)N1CCC[C@H]1c1nc2c(Cc3ccccc3)cccc2s1)C1CCCCC1. The van der Waals surface area contributed by atoms with Crippen LogP contribution in [0.1, 0.15) is 347 Å². The molecule has 8 aliphatic rings. The highest BCUT2D eigenvalue weighted by Crippen LogP contribution is 2.46. The lowest BCUT2D eigenvalue weighted by atomic mass is 9.83. The molecule has 0 radical (unpaired) electrons. The van der Waals surface area contributed by atoms with Crippen LogP contribution in [-0.2, 0) is 44.8 Å². The molecule has 137 heavy (non-hydrogen) atoms. The minimum Gasteiger partial charge on any atom is -0.344 e. The molecule has 734 valence electrons. The van der Waals surface area contributed by atoms with Gasteiger partial charge in [-0.05, 0) is 223 Å². The number of hydrogen-bond donors (Lipinski definition) is 4. The van der Waals surface area contributed by atoms with E-state index in [9.17, 15) is 38.4 Å². The standard InChI is InChI=1S/C31H39N3O2S.C30H37N3O2S.C27H39N3O2S.C25H35N3O2S/c1-3-21(2)29(35)32-28(23-14-8-5-9-15-23)31(36)34-19-11-17-25(34)30-33-27-24(16-10-18-26(27)37-30)20-22-12-6-4-7-13-22;1-3-20(2)28(34)31-26(22-14-8-5-9-15-22)30(35)33-19-11-17-24(33)29-32-27-23(16-10-18-25(27)36-29)21-12-6-4-7-13-21;1-5-18(4)25(31)28-23(19-11-7-6-8-12-19)27(32)30-16-10-14-21(30)26-29-24-20(17(2)3)13-9-15-22(24)33-26;1-4-16(2)23(29)26-22(18-11-6-5-7-12-18)25(30)28-15-9-13-19(28)24-27-21-17(3)10-8-14-20(21)31-24/h4,6-7,10,12-13,16,18,21,23,25,28H,3,5,8-9,11,14-15,17,19-20H2,1-2H3,(H,32,35);4,6-7,10,12-13,16,18,20,22,24,26H,3,5,8-9,11,14-15,17,19H2,1-2H3,(H,31,34);9,13,15,17-19,21,23H,5-8,10-12,14,16H2,1-4H3,(H,28,31);8,10,14,16,18-19,22H,4-7,9,11-13,15H2,1-3H3,(H,26,29)/t21-,25+,28+;20-,24+,26+;18-,21+,23+;16-,19+,22+/m1111/s1. The molecule has 24 heteroatoms. The van der Waals surface area contributed by atoms with Gasteiger partial charge in [0.05, 0.1) is 65.0 Å². The summed E-state index contributed by atoms with van der Waals surface area (Å²) >= 11 is 6.85. The van der Waals surface area contributed by atoms with Crippen LogP contribution in [0.5, 0.6) is 0 Å². The summed E-state index contributed by atoms with van der Waals surface area (Å²) in [6.07, 6.45) is 33.8. The van der Waals surface area contributed by atoms with Crippen LogP contribution in [0, 0.1) is 54.3 Å².